The SMILES string of the molecule is CSCCN(C)C(CN)c1cncc(Br)c1. The molecule has 2 N–H and O–H groups in total. The molecule has 0 saturated heterocycles. The number of hydrogen-bond acceptors (Lipinski definition) is 4. The smallest absolute Gasteiger partial charge is 0.0483 e. The summed E-state index contributed by atoms with van der Waals surface area (Å²) in [6.07, 6.45) is 5.79. The molecule has 0 saturated carbocycles. The number of hydrogen-bond donors (Lipinski definition) is 1. The number of rotatable bonds is 6. The molecule has 5 heteroatoms. The maximum Gasteiger partial charge on any atom is 0.0483 e. The van der Waals surface area contributed by atoms with Gasteiger partial charge in [-0.3, -0.25) is 9.88 Å². The van der Waals surface area contributed by atoms with E-state index in [1.807, 2.05) is 18.0 Å². The van der Waals surface area contributed by atoms with Crippen molar-refractivity contribution in [3.63, 3.8) is 0 Å². The van der Waals surface area contributed by atoms with Crippen LogP contribution in [0.1, 0.15) is 11.6 Å². The van der Waals surface area contributed by atoms with E-state index in [0.717, 1.165) is 16.8 Å². The molecule has 16 heavy (non-hydrogen) atoms. The lowest BCUT2D eigenvalue weighted by Gasteiger charge is -2.26. The number of pyridine rings is 1. The summed E-state index contributed by atoms with van der Waals surface area (Å²) in [5.74, 6) is 1.12. The summed E-state index contributed by atoms with van der Waals surface area (Å²) in [5, 5.41) is 0. The van der Waals surface area contributed by atoms with Crippen LogP contribution in [0.15, 0.2) is 22.9 Å². The van der Waals surface area contributed by atoms with Crippen molar-refractivity contribution in [2.45, 2.75) is 6.04 Å². The van der Waals surface area contributed by atoms with Gasteiger partial charge in [0.1, 0.15) is 0 Å². The van der Waals surface area contributed by atoms with Gasteiger partial charge in [0, 0.05) is 41.8 Å². The first kappa shape index (κ1) is 14.0. The fraction of sp³-hybridized carbons (Fsp3) is 0.545. The molecule has 1 aromatic heterocycles. The van der Waals surface area contributed by atoms with Gasteiger partial charge in [0.2, 0.25) is 0 Å². The van der Waals surface area contributed by atoms with Crippen LogP contribution in [0.25, 0.3) is 0 Å². The molecule has 3 nitrogen and oxygen atoms in total. The summed E-state index contributed by atoms with van der Waals surface area (Å²) < 4.78 is 1.00. The van der Waals surface area contributed by atoms with Gasteiger partial charge in [-0.1, -0.05) is 0 Å². The minimum absolute atomic E-state index is 0.247. The van der Waals surface area contributed by atoms with Gasteiger partial charge in [-0.05, 0) is 40.9 Å². The van der Waals surface area contributed by atoms with Crippen molar-refractivity contribution in [3.05, 3.63) is 28.5 Å². The number of thioether (sulfide) groups is 1. The third-order valence-corrected chi connectivity index (χ3v) is 3.54. The highest BCUT2D eigenvalue weighted by Gasteiger charge is 2.15. The summed E-state index contributed by atoms with van der Waals surface area (Å²) in [5.41, 5.74) is 7.00. The van der Waals surface area contributed by atoms with E-state index in [2.05, 4.69) is 45.2 Å². The lowest BCUT2D eigenvalue weighted by atomic mass is 10.1. The minimum Gasteiger partial charge on any atom is -0.329 e. The fourth-order valence-electron chi connectivity index (χ4n) is 1.57. The Bertz CT molecular complexity index is 322. The Balaban J connectivity index is 2.73. The Kier molecular flexibility index (Phi) is 6.34. The Morgan fingerprint density at radius 1 is 1.56 bits per heavy atom. The van der Waals surface area contributed by atoms with Crippen molar-refractivity contribution in [1.82, 2.24) is 9.88 Å². The summed E-state index contributed by atoms with van der Waals surface area (Å²) >= 11 is 5.28. The molecule has 1 rings (SSSR count). The Labute approximate surface area is 110 Å². The molecule has 90 valence electrons. The van der Waals surface area contributed by atoms with Crippen molar-refractivity contribution >= 4 is 27.7 Å². The zero-order chi connectivity index (χ0) is 12.0. The molecule has 0 aliphatic carbocycles. The fourth-order valence-corrected chi connectivity index (χ4v) is 2.43. The van der Waals surface area contributed by atoms with Crippen LogP contribution >= 0.6 is 27.7 Å². The molecule has 0 aromatic carbocycles. The van der Waals surface area contributed by atoms with Crippen molar-refractivity contribution in [2.75, 3.05) is 32.1 Å². The van der Waals surface area contributed by atoms with Gasteiger partial charge in [0.15, 0.2) is 0 Å². The van der Waals surface area contributed by atoms with E-state index in [1.54, 1.807) is 6.20 Å². The molecule has 1 aromatic rings. The van der Waals surface area contributed by atoms with E-state index < -0.39 is 0 Å². The predicted octanol–water partition coefficient (Wildman–Crippen LogP) is 2.14. The maximum absolute atomic E-state index is 5.84. The second kappa shape index (κ2) is 7.27. The van der Waals surface area contributed by atoms with Crippen LogP contribution in [0.5, 0.6) is 0 Å². The molecule has 0 fully saturated rings. The molecule has 0 radical (unpaired) electrons. The summed E-state index contributed by atoms with van der Waals surface area (Å²) in [6.45, 7) is 1.65. The third-order valence-electron chi connectivity index (χ3n) is 2.51. The third kappa shape index (κ3) is 4.05. The van der Waals surface area contributed by atoms with Crippen molar-refractivity contribution in [3.8, 4) is 0 Å². The van der Waals surface area contributed by atoms with E-state index in [1.165, 1.54) is 5.56 Å². The van der Waals surface area contributed by atoms with E-state index in [4.69, 9.17) is 5.73 Å². The van der Waals surface area contributed by atoms with E-state index in [9.17, 15) is 0 Å². The van der Waals surface area contributed by atoms with Gasteiger partial charge < -0.3 is 5.73 Å². The highest BCUT2D eigenvalue weighted by Crippen LogP contribution is 2.20. The van der Waals surface area contributed by atoms with Gasteiger partial charge in [-0.15, -0.1) is 0 Å². The Morgan fingerprint density at radius 2 is 2.31 bits per heavy atom. The van der Waals surface area contributed by atoms with E-state index in [0.29, 0.717) is 6.54 Å². The average molecular weight is 304 g/mol. The van der Waals surface area contributed by atoms with Crippen LogP contribution in [0.2, 0.25) is 0 Å². The molecule has 1 atom stereocenters. The number of nitrogens with two attached hydrogens (primary N) is 1. The molecule has 0 bridgehead atoms. The lowest BCUT2D eigenvalue weighted by Crippen LogP contribution is -2.32. The molecule has 0 aliphatic heterocycles. The van der Waals surface area contributed by atoms with Gasteiger partial charge in [0.25, 0.3) is 0 Å². The minimum atomic E-state index is 0.247. The normalized spacial score (nSPS) is 13.1. The first-order valence-corrected chi connectivity index (χ1v) is 7.37. The first-order chi connectivity index (χ1) is 7.69. The quantitative estimate of drug-likeness (QED) is 0.874. The number of likely N-dealkylation sites (N-methyl/N-ethyl adjacent to an activating group) is 1. The molecular formula is C11H18BrN3S. The number of aromatic nitrogens is 1. The zero-order valence-electron chi connectivity index (χ0n) is 9.69. The second-order valence-corrected chi connectivity index (χ2v) is 5.56. The zero-order valence-corrected chi connectivity index (χ0v) is 12.1. The highest BCUT2D eigenvalue weighted by molar-refractivity contribution is 9.10. The van der Waals surface area contributed by atoms with Gasteiger partial charge in [0.05, 0.1) is 0 Å². The van der Waals surface area contributed by atoms with Crippen LogP contribution in [-0.2, 0) is 0 Å². The van der Waals surface area contributed by atoms with Crippen LogP contribution in [0.4, 0.5) is 0 Å². The standard InChI is InChI=1S/C11H18BrN3S/c1-15(3-4-16-2)11(6-13)9-5-10(12)8-14-7-9/h5,7-8,11H,3-4,6,13H2,1-2H3. The summed E-state index contributed by atoms with van der Waals surface area (Å²) in [7, 11) is 2.11. The first-order valence-electron chi connectivity index (χ1n) is 5.18. The molecule has 0 aliphatic rings. The molecule has 1 heterocycles. The van der Waals surface area contributed by atoms with Crippen molar-refractivity contribution < 1.29 is 0 Å². The van der Waals surface area contributed by atoms with Gasteiger partial charge >= 0.3 is 0 Å². The number of halogens is 1. The molecule has 0 amide bonds. The Morgan fingerprint density at radius 3 is 2.88 bits per heavy atom. The average Bonchev–Trinajstić information content (AvgIpc) is 2.27. The number of nitrogens with zero attached hydrogens (tertiary/aromatic N) is 2. The highest BCUT2D eigenvalue weighted by atomic mass is 79.9. The molecular weight excluding hydrogens is 286 g/mol. The monoisotopic (exact) mass is 303 g/mol. The van der Waals surface area contributed by atoms with Crippen molar-refractivity contribution in [1.29, 1.82) is 0 Å². The van der Waals surface area contributed by atoms with Crippen LogP contribution in [-0.4, -0.2) is 42.0 Å². The second-order valence-electron chi connectivity index (χ2n) is 3.66. The maximum atomic E-state index is 5.84. The summed E-state index contributed by atoms with van der Waals surface area (Å²) in [4.78, 5) is 6.46. The largest absolute Gasteiger partial charge is 0.329 e. The van der Waals surface area contributed by atoms with Crippen molar-refractivity contribution in [2.24, 2.45) is 5.73 Å². The molecule has 1 unspecified atom stereocenters. The van der Waals surface area contributed by atoms with Gasteiger partial charge in [-0.2, -0.15) is 11.8 Å². The topological polar surface area (TPSA) is 42.1 Å². The van der Waals surface area contributed by atoms with Crippen LogP contribution in [0.3, 0.4) is 0 Å². The Hall–Kier alpha value is -0.100. The van der Waals surface area contributed by atoms with Crippen LogP contribution < -0.4 is 5.73 Å². The van der Waals surface area contributed by atoms with E-state index >= 15 is 0 Å². The lowest BCUT2D eigenvalue weighted by molar-refractivity contribution is 0.265. The predicted molar refractivity (Wildman–Crippen MR) is 74.7 cm³/mol. The van der Waals surface area contributed by atoms with Gasteiger partial charge in [-0.25, -0.2) is 0 Å². The molecule has 0 spiro atoms. The van der Waals surface area contributed by atoms with E-state index in [-0.39, 0.29) is 6.04 Å². The van der Waals surface area contributed by atoms with Crippen LogP contribution in [0, 0.1) is 0 Å². The summed E-state index contributed by atoms with van der Waals surface area (Å²) in [6, 6.07) is 2.33.